The molecule has 1 saturated carbocycles. The van der Waals surface area contributed by atoms with Gasteiger partial charge >= 0.3 is 6.09 Å². The van der Waals surface area contributed by atoms with Crippen LogP contribution in [-0.2, 0) is 15.9 Å². The van der Waals surface area contributed by atoms with E-state index in [0.717, 1.165) is 55.5 Å². The van der Waals surface area contributed by atoms with Crippen LogP contribution >= 0.6 is 0 Å². The molecule has 8 heteroatoms. The zero-order valence-electron chi connectivity index (χ0n) is 26.1. The fraction of sp³-hybridized carbons (Fsp3) is 0.514. The lowest BCUT2D eigenvalue weighted by Crippen LogP contribution is -2.58. The first-order valence-electron chi connectivity index (χ1n) is 15.8. The molecule has 2 aromatic carbocycles. The lowest BCUT2D eigenvalue weighted by molar-refractivity contribution is -0.00518. The molecule has 230 valence electrons. The van der Waals surface area contributed by atoms with Crippen molar-refractivity contribution in [1.29, 1.82) is 0 Å². The van der Waals surface area contributed by atoms with E-state index in [2.05, 4.69) is 35.8 Å². The minimum Gasteiger partial charge on any atom is -0.444 e. The van der Waals surface area contributed by atoms with E-state index in [1.807, 2.05) is 68.4 Å². The van der Waals surface area contributed by atoms with Crippen LogP contribution in [0.5, 0.6) is 0 Å². The lowest BCUT2D eigenvalue weighted by Gasteiger charge is -2.41. The maximum Gasteiger partial charge on any atom is 0.410 e. The molecule has 2 fully saturated rings. The predicted molar refractivity (Wildman–Crippen MR) is 168 cm³/mol. The van der Waals surface area contributed by atoms with Gasteiger partial charge in [0.05, 0.1) is 30.2 Å². The van der Waals surface area contributed by atoms with Crippen molar-refractivity contribution < 1.29 is 19.1 Å². The number of aromatic nitrogens is 2. The average molecular weight is 587 g/mol. The van der Waals surface area contributed by atoms with Gasteiger partial charge in [0.1, 0.15) is 5.60 Å². The summed E-state index contributed by atoms with van der Waals surface area (Å²) in [4.78, 5) is 36.0. The number of piperazine rings is 1. The number of carbonyl (C=O) groups excluding carboxylic acids is 2. The average Bonchev–Trinajstić information content (AvgIpc) is 3.45. The van der Waals surface area contributed by atoms with E-state index in [9.17, 15) is 9.59 Å². The van der Waals surface area contributed by atoms with Crippen molar-refractivity contribution >= 4 is 12.0 Å². The molecule has 1 aliphatic heterocycles. The van der Waals surface area contributed by atoms with E-state index >= 15 is 0 Å². The summed E-state index contributed by atoms with van der Waals surface area (Å²) < 4.78 is 14.2. The summed E-state index contributed by atoms with van der Waals surface area (Å²) in [6, 6.07) is 20.1. The Morgan fingerprint density at radius 2 is 1.65 bits per heavy atom. The number of hydrogen-bond donors (Lipinski definition) is 0. The van der Waals surface area contributed by atoms with Gasteiger partial charge in [0.25, 0.3) is 5.91 Å². The molecule has 2 aliphatic rings. The summed E-state index contributed by atoms with van der Waals surface area (Å²) in [7, 11) is 0. The number of amides is 2. The number of nitrogens with zero attached hydrogens (tertiary/aromatic N) is 4. The number of ether oxygens (including phenoxy) is 2. The summed E-state index contributed by atoms with van der Waals surface area (Å²) in [5.74, 6) is -0.107. The number of rotatable bonds is 8. The first-order valence-corrected chi connectivity index (χ1v) is 15.8. The molecule has 1 aliphatic carbocycles. The van der Waals surface area contributed by atoms with Crippen LogP contribution in [0.15, 0.2) is 67.0 Å². The number of carbonyl (C=O) groups is 2. The minimum atomic E-state index is -0.589. The summed E-state index contributed by atoms with van der Waals surface area (Å²) in [5, 5.41) is 0. The first-order chi connectivity index (χ1) is 20.7. The molecule has 0 spiro atoms. The molecule has 5 rings (SSSR count). The van der Waals surface area contributed by atoms with Crippen LogP contribution in [0.4, 0.5) is 4.79 Å². The maximum absolute atomic E-state index is 14.5. The molecule has 1 saturated heterocycles. The Bertz CT molecular complexity index is 1350. The highest BCUT2D eigenvalue weighted by molar-refractivity contribution is 5.98. The van der Waals surface area contributed by atoms with Crippen LogP contribution in [0.25, 0.3) is 11.3 Å². The van der Waals surface area contributed by atoms with Crippen LogP contribution in [-0.4, -0.2) is 75.3 Å². The molecule has 8 nitrogen and oxygen atoms in total. The monoisotopic (exact) mass is 586 g/mol. The van der Waals surface area contributed by atoms with Crippen molar-refractivity contribution in [2.24, 2.45) is 0 Å². The van der Waals surface area contributed by atoms with Gasteiger partial charge in [-0.3, -0.25) is 4.79 Å². The molecular formula is C35H46N4O4. The van der Waals surface area contributed by atoms with Gasteiger partial charge < -0.3 is 23.8 Å². The summed E-state index contributed by atoms with van der Waals surface area (Å²) in [6.45, 7) is 9.69. The fourth-order valence-electron chi connectivity index (χ4n) is 6.32. The van der Waals surface area contributed by atoms with Crippen molar-refractivity contribution in [2.45, 2.75) is 90.0 Å². The lowest BCUT2D eigenvalue weighted by atomic mass is 9.91. The topological polar surface area (TPSA) is 76.9 Å². The summed E-state index contributed by atoms with van der Waals surface area (Å²) in [5.41, 5.74) is 2.79. The van der Waals surface area contributed by atoms with Gasteiger partial charge in [0.15, 0.2) is 5.69 Å². The van der Waals surface area contributed by atoms with Crippen LogP contribution in [0, 0.1) is 0 Å². The highest BCUT2D eigenvalue weighted by Crippen LogP contribution is 2.36. The Hall–Kier alpha value is -3.65. The van der Waals surface area contributed by atoms with Gasteiger partial charge in [-0.1, -0.05) is 80.4 Å². The van der Waals surface area contributed by atoms with E-state index in [-0.39, 0.29) is 30.2 Å². The molecule has 0 bridgehead atoms. The Kier molecular flexibility index (Phi) is 9.86. The van der Waals surface area contributed by atoms with Crippen molar-refractivity contribution in [3.8, 4) is 11.3 Å². The number of imidazole rings is 1. The van der Waals surface area contributed by atoms with Crippen molar-refractivity contribution in [3.63, 3.8) is 0 Å². The van der Waals surface area contributed by atoms with Crippen LogP contribution < -0.4 is 0 Å². The smallest absolute Gasteiger partial charge is 0.410 e. The molecule has 3 aromatic rings. The first kappa shape index (κ1) is 30.8. The van der Waals surface area contributed by atoms with Crippen molar-refractivity contribution in [1.82, 2.24) is 19.4 Å². The zero-order chi connectivity index (χ0) is 30.4. The standard InChI is InChI=1S/C35H46N4O4/c1-5-22-42-30-19-13-12-18-29(30)39-25-36-31(32(39)27-16-10-7-11-17-27)33(40)38-21-20-37(34(41)43-35(2,3)4)24-28(38)23-26-14-8-6-9-15-26/h6-11,14-17,25,28-30H,5,12-13,18-24H2,1-4H3/t28-,29+,30?/m1/s1. The molecule has 0 N–H and O–H groups in total. The van der Waals surface area contributed by atoms with Crippen molar-refractivity contribution in [3.05, 3.63) is 78.2 Å². The second-order valence-electron chi connectivity index (χ2n) is 12.7. The Morgan fingerprint density at radius 1 is 0.953 bits per heavy atom. The predicted octanol–water partition coefficient (Wildman–Crippen LogP) is 6.76. The minimum absolute atomic E-state index is 0.0940. The Balaban J connectivity index is 1.49. The van der Waals surface area contributed by atoms with Gasteiger partial charge in [-0.2, -0.15) is 0 Å². The van der Waals surface area contributed by atoms with E-state index in [1.165, 1.54) is 0 Å². The molecule has 43 heavy (non-hydrogen) atoms. The third-order valence-corrected chi connectivity index (χ3v) is 8.31. The molecule has 1 unspecified atom stereocenters. The molecule has 0 radical (unpaired) electrons. The Morgan fingerprint density at radius 3 is 2.35 bits per heavy atom. The van der Waals surface area contributed by atoms with Gasteiger partial charge in [-0.05, 0) is 52.0 Å². The van der Waals surface area contributed by atoms with Crippen molar-refractivity contribution in [2.75, 3.05) is 26.2 Å². The van der Waals surface area contributed by atoms with Gasteiger partial charge in [-0.25, -0.2) is 9.78 Å². The van der Waals surface area contributed by atoms with Crippen LogP contribution in [0.1, 0.15) is 81.9 Å². The second-order valence-corrected chi connectivity index (χ2v) is 12.7. The summed E-state index contributed by atoms with van der Waals surface area (Å²) >= 11 is 0. The van der Waals surface area contributed by atoms with Gasteiger partial charge in [0, 0.05) is 31.8 Å². The van der Waals surface area contributed by atoms with E-state index in [1.54, 1.807) is 4.90 Å². The molecule has 2 amide bonds. The van der Waals surface area contributed by atoms with Crippen LogP contribution in [0.2, 0.25) is 0 Å². The summed E-state index contributed by atoms with van der Waals surface area (Å²) in [6.07, 6.45) is 7.46. The van der Waals surface area contributed by atoms with Gasteiger partial charge in [-0.15, -0.1) is 0 Å². The normalized spacial score (nSPS) is 21.1. The molecule has 2 heterocycles. The third kappa shape index (κ3) is 7.47. The molecular weight excluding hydrogens is 540 g/mol. The van der Waals surface area contributed by atoms with Crippen LogP contribution in [0.3, 0.4) is 0 Å². The fourth-order valence-corrected chi connectivity index (χ4v) is 6.32. The SMILES string of the molecule is CCCOC1CCCC[C@@H]1n1cnc(C(=O)N2CCN(C(=O)OC(C)(C)C)C[C@H]2Cc2ccccc2)c1-c1ccccc1. The van der Waals surface area contributed by atoms with E-state index < -0.39 is 5.60 Å². The van der Waals surface area contributed by atoms with E-state index in [4.69, 9.17) is 14.5 Å². The number of hydrogen-bond acceptors (Lipinski definition) is 5. The third-order valence-electron chi connectivity index (χ3n) is 8.31. The quantitative estimate of drug-likeness (QED) is 0.291. The molecule has 1 aromatic heterocycles. The zero-order valence-corrected chi connectivity index (χ0v) is 26.1. The Labute approximate surface area is 256 Å². The molecule has 3 atom stereocenters. The highest BCUT2D eigenvalue weighted by Gasteiger charge is 2.38. The second kappa shape index (κ2) is 13.8. The number of benzene rings is 2. The maximum atomic E-state index is 14.5. The highest BCUT2D eigenvalue weighted by atomic mass is 16.6. The van der Waals surface area contributed by atoms with E-state index in [0.29, 0.717) is 31.7 Å². The largest absolute Gasteiger partial charge is 0.444 e. The van der Waals surface area contributed by atoms with Gasteiger partial charge in [0.2, 0.25) is 0 Å².